The molecule has 0 amide bonds. The Kier molecular flexibility index (Phi) is 4.39. The zero-order valence-corrected chi connectivity index (χ0v) is 14.7. The number of rotatable bonds is 3. The predicted octanol–water partition coefficient (Wildman–Crippen LogP) is 4.00. The van der Waals surface area contributed by atoms with Gasteiger partial charge in [-0.1, -0.05) is 30.3 Å². The Morgan fingerprint density at radius 3 is 2.12 bits per heavy atom. The number of benzene rings is 2. The van der Waals surface area contributed by atoms with Gasteiger partial charge in [0.2, 0.25) is 0 Å². The van der Waals surface area contributed by atoms with Crippen molar-refractivity contribution in [3.05, 3.63) is 72.1 Å². The molecular weight excluding hydrogens is 332 g/mol. The van der Waals surface area contributed by atoms with E-state index in [1.54, 1.807) is 24.4 Å². The van der Waals surface area contributed by atoms with E-state index in [-0.39, 0.29) is 0 Å². The lowest BCUT2D eigenvalue weighted by molar-refractivity contribution is 0.602. The van der Waals surface area contributed by atoms with Gasteiger partial charge in [-0.15, -0.1) is 0 Å². The van der Waals surface area contributed by atoms with Crippen LogP contribution in [0, 0.1) is 18.3 Å². The first-order chi connectivity index (χ1) is 11.9. The van der Waals surface area contributed by atoms with Crippen LogP contribution in [0.15, 0.2) is 65.8 Å². The van der Waals surface area contributed by atoms with Crippen molar-refractivity contribution in [2.45, 2.75) is 11.8 Å². The van der Waals surface area contributed by atoms with Crippen LogP contribution < -0.4 is 0 Å². The second-order valence-corrected chi connectivity index (χ2v) is 7.97. The van der Waals surface area contributed by atoms with E-state index >= 15 is 0 Å². The van der Waals surface area contributed by atoms with Crippen LogP contribution in [-0.2, 0) is 9.84 Å². The number of aryl methyl sites for hydroxylation is 1. The lowest BCUT2D eigenvalue weighted by Gasteiger charge is -2.08. The van der Waals surface area contributed by atoms with Gasteiger partial charge in [-0.05, 0) is 47.4 Å². The molecular formula is C20H16N2O2S. The molecule has 0 saturated heterocycles. The highest BCUT2D eigenvalue weighted by Gasteiger charge is 2.10. The van der Waals surface area contributed by atoms with Crippen molar-refractivity contribution in [3.63, 3.8) is 0 Å². The molecule has 2 aromatic carbocycles. The van der Waals surface area contributed by atoms with Gasteiger partial charge in [-0.2, -0.15) is 5.26 Å². The lowest BCUT2D eigenvalue weighted by Crippen LogP contribution is -1.98. The number of nitriles is 1. The van der Waals surface area contributed by atoms with E-state index in [0.29, 0.717) is 10.5 Å². The molecule has 0 fully saturated rings. The number of nitrogens with zero attached hydrogens (tertiary/aromatic N) is 2. The summed E-state index contributed by atoms with van der Waals surface area (Å²) in [6, 6.07) is 17.0. The Hall–Kier alpha value is -2.97. The van der Waals surface area contributed by atoms with Gasteiger partial charge in [0, 0.05) is 24.2 Å². The van der Waals surface area contributed by atoms with Crippen molar-refractivity contribution in [1.82, 2.24) is 4.98 Å². The normalized spacial score (nSPS) is 11.1. The Morgan fingerprint density at radius 1 is 0.880 bits per heavy atom. The van der Waals surface area contributed by atoms with Gasteiger partial charge < -0.3 is 0 Å². The molecule has 5 heteroatoms. The summed E-state index contributed by atoms with van der Waals surface area (Å²) < 4.78 is 23.7. The summed E-state index contributed by atoms with van der Waals surface area (Å²) in [5.74, 6) is 0. The van der Waals surface area contributed by atoms with Crippen LogP contribution >= 0.6 is 0 Å². The van der Waals surface area contributed by atoms with E-state index < -0.39 is 9.84 Å². The Labute approximate surface area is 147 Å². The zero-order valence-electron chi connectivity index (χ0n) is 13.9. The molecule has 0 radical (unpaired) electrons. The van der Waals surface area contributed by atoms with Crippen molar-refractivity contribution in [2.24, 2.45) is 0 Å². The molecule has 0 spiro atoms. The van der Waals surface area contributed by atoms with Crippen molar-refractivity contribution in [1.29, 1.82) is 5.26 Å². The Bertz CT molecular complexity index is 1080. The van der Waals surface area contributed by atoms with Crippen molar-refractivity contribution >= 4 is 9.84 Å². The lowest BCUT2D eigenvalue weighted by atomic mass is 9.99. The van der Waals surface area contributed by atoms with E-state index in [1.807, 2.05) is 37.3 Å². The molecule has 1 aromatic heterocycles. The van der Waals surface area contributed by atoms with Crippen molar-refractivity contribution in [2.75, 3.05) is 6.26 Å². The van der Waals surface area contributed by atoms with Crippen LogP contribution in [0.1, 0.15) is 11.1 Å². The monoisotopic (exact) mass is 348 g/mol. The molecule has 4 nitrogen and oxygen atoms in total. The topological polar surface area (TPSA) is 70.8 Å². The standard InChI is InChI=1S/C20H16N2O2S/c1-14-7-18(10-20(8-14)25(2,23)24)16-3-5-17(6-4-16)19-9-15(11-21)12-22-13-19/h3-10,12-13H,1-2H3. The molecule has 0 unspecified atom stereocenters. The Morgan fingerprint density at radius 2 is 1.52 bits per heavy atom. The molecule has 0 atom stereocenters. The zero-order chi connectivity index (χ0) is 18.0. The second kappa shape index (κ2) is 6.50. The third-order valence-electron chi connectivity index (χ3n) is 3.90. The third-order valence-corrected chi connectivity index (χ3v) is 4.99. The fourth-order valence-electron chi connectivity index (χ4n) is 2.64. The molecule has 25 heavy (non-hydrogen) atoms. The van der Waals surface area contributed by atoms with Crippen LogP contribution in [0.3, 0.4) is 0 Å². The average molecular weight is 348 g/mol. The number of hydrogen-bond donors (Lipinski definition) is 0. The third kappa shape index (κ3) is 3.76. The molecule has 1 heterocycles. The Balaban J connectivity index is 2.01. The molecule has 0 bridgehead atoms. The molecule has 124 valence electrons. The maximum Gasteiger partial charge on any atom is 0.175 e. The van der Waals surface area contributed by atoms with Gasteiger partial charge in [-0.25, -0.2) is 8.42 Å². The quantitative estimate of drug-likeness (QED) is 0.717. The van der Waals surface area contributed by atoms with E-state index in [4.69, 9.17) is 5.26 Å². The maximum atomic E-state index is 11.8. The summed E-state index contributed by atoms with van der Waals surface area (Å²) in [6.07, 6.45) is 4.45. The van der Waals surface area contributed by atoms with Gasteiger partial charge in [0.25, 0.3) is 0 Å². The van der Waals surface area contributed by atoms with Crippen LogP contribution in [0.5, 0.6) is 0 Å². The van der Waals surface area contributed by atoms with Gasteiger partial charge in [-0.3, -0.25) is 4.98 Å². The van der Waals surface area contributed by atoms with Gasteiger partial charge in [0.1, 0.15) is 6.07 Å². The molecule has 3 rings (SSSR count). The summed E-state index contributed by atoms with van der Waals surface area (Å²) in [6.45, 7) is 1.88. The highest BCUT2D eigenvalue weighted by Crippen LogP contribution is 2.27. The SMILES string of the molecule is Cc1cc(-c2ccc(-c3cncc(C#N)c3)cc2)cc(S(C)(=O)=O)c1. The first-order valence-corrected chi connectivity index (χ1v) is 9.54. The summed E-state index contributed by atoms with van der Waals surface area (Å²) in [4.78, 5) is 4.39. The summed E-state index contributed by atoms with van der Waals surface area (Å²) >= 11 is 0. The fraction of sp³-hybridized carbons (Fsp3) is 0.100. The van der Waals surface area contributed by atoms with E-state index in [9.17, 15) is 8.42 Å². The first kappa shape index (κ1) is 16.9. The number of pyridine rings is 1. The molecule has 0 N–H and O–H groups in total. The van der Waals surface area contributed by atoms with E-state index in [1.165, 1.54) is 12.5 Å². The molecule has 0 aliphatic heterocycles. The maximum absolute atomic E-state index is 11.8. The van der Waals surface area contributed by atoms with Crippen LogP contribution in [0.25, 0.3) is 22.3 Å². The highest BCUT2D eigenvalue weighted by atomic mass is 32.2. The van der Waals surface area contributed by atoms with Gasteiger partial charge in [0.05, 0.1) is 10.5 Å². The van der Waals surface area contributed by atoms with Crippen LogP contribution in [0.2, 0.25) is 0 Å². The van der Waals surface area contributed by atoms with Crippen LogP contribution in [-0.4, -0.2) is 19.7 Å². The summed E-state index contributed by atoms with van der Waals surface area (Å²) in [5.41, 5.74) is 5.01. The summed E-state index contributed by atoms with van der Waals surface area (Å²) in [5, 5.41) is 8.98. The van der Waals surface area contributed by atoms with Crippen molar-refractivity contribution < 1.29 is 8.42 Å². The van der Waals surface area contributed by atoms with Crippen LogP contribution in [0.4, 0.5) is 0 Å². The first-order valence-electron chi connectivity index (χ1n) is 7.64. The van der Waals surface area contributed by atoms with Crippen molar-refractivity contribution in [3.8, 4) is 28.3 Å². The molecule has 0 saturated carbocycles. The molecule has 0 aliphatic rings. The van der Waals surface area contributed by atoms with E-state index in [0.717, 1.165) is 27.8 Å². The average Bonchev–Trinajstić information content (AvgIpc) is 2.60. The minimum atomic E-state index is -3.25. The van der Waals surface area contributed by atoms with E-state index in [2.05, 4.69) is 11.1 Å². The largest absolute Gasteiger partial charge is 0.263 e. The predicted molar refractivity (Wildman–Crippen MR) is 97.7 cm³/mol. The van der Waals surface area contributed by atoms with Gasteiger partial charge in [0.15, 0.2) is 9.84 Å². The minimum Gasteiger partial charge on any atom is -0.263 e. The number of aromatic nitrogens is 1. The number of sulfone groups is 1. The number of hydrogen-bond acceptors (Lipinski definition) is 4. The summed E-state index contributed by atoms with van der Waals surface area (Å²) in [7, 11) is -3.25. The van der Waals surface area contributed by atoms with Gasteiger partial charge >= 0.3 is 0 Å². The minimum absolute atomic E-state index is 0.317. The smallest absolute Gasteiger partial charge is 0.175 e. The fourth-order valence-corrected chi connectivity index (χ4v) is 3.38. The molecule has 3 aromatic rings. The highest BCUT2D eigenvalue weighted by molar-refractivity contribution is 7.90. The molecule has 0 aliphatic carbocycles. The second-order valence-electron chi connectivity index (χ2n) is 5.96.